The Morgan fingerprint density at radius 3 is 2.03 bits per heavy atom. The number of rotatable bonds is 14. The van der Waals surface area contributed by atoms with Crippen LogP contribution in [0.4, 0.5) is 0 Å². The first-order valence-corrected chi connectivity index (χ1v) is 17.8. The van der Waals surface area contributed by atoms with Gasteiger partial charge in [-0.05, 0) is 79.8 Å². The first-order chi connectivity index (χ1) is 18.3. The molecule has 0 aromatic carbocycles. The number of halogens is 2. The number of hydrogen-bond donors (Lipinski definition) is 1. The summed E-state index contributed by atoms with van der Waals surface area (Å²) in [6.45, 7) is 9.15. The van der Waals surface area contributed by atoms with Gasteiger partial charge in [0.25, 0.3) is 0 Å². The molecule has 1 aliphatic rings. The molecule has 1 N–H and O–H groups in total. The summed E-state index contributed by atoms with van der Waals surface area (Å²) in [7, 11) is 2.11. The second kappa shape index (κ2) is 15.6. The van der Waals surface area contributed by atoms with Crippen molar-refractivity contribution in [2.75, 3.05) is 7.05 Å². The lowest BCUT2D eigenvalue weighted by molar-refractivity contribution is 0.420. The van der Waals surface area contributed by atoms with Gasteiger partial charge in [-0.2, -0.15) is 0 Å². The Kier molecular flexibility index (Phi) is 13.1. The van der Waals surface area contributed by atoms with E-state index in [0.29, 0.717) is 17.5 Å². The molecule has 0 saturated heterocycles. The van der Waals surface area contributed by atoms with Crippen molar-refractivity contribution >= 4 is 84.3 Å². The van der Waals surface area contributed by atoms with Gasteiger partial charge in [-0.15, -0.1) is 22.7 Å². The van der Waals surface area contributed by atoms with Crippen LogP contribution >= 0.6 is 54.5 Å². The zero-order chi connectivity index (χ0) is 27.8. The van der Waals surface area contributed by atoms with Gasteiger partial charge in [0.2, 0.25) is 0 Å². The molecule has 210 valence electrons. The molecule has 3 heterocycles. The van der Waals surface area contributed by atoms with Crippen molar-refractivity contribution < 1.29 is 0 Å². The molecule has 8 heteroatoms. The van der Waals surface area contributed by atoms with Gasteiger partial charge in [-0.1, -0.05) is 83.5 Å². The standard InChI is InChI=1S/C30H43Br2N3S3/c1-6-10-12-19(8-3)14-21-16-24(37-29(21)31)23-18-35(5)28(27(34-36)26(23)33)25-17-22(30(32)38-25)15-20(9-4)13-11-7-2/h16-20,28,33,36H,6-15H2,1-5H3/p+1. The fourth-order valence-electron chi connectivity index (χ4n) is 5.34. The molecule has 0 spiro atoms. The Bertz CT molecular complexity index is 1130. The minimum Gasteiger partial charge on any atom is -0.366 e. The Balaban J connectivity index is 1.86. The van der Waals surface area contributed by atoms with E-state index in [-0.39, 0.29) is 6.04 Å². The summed E-state index contributed by atoms with van der Waals surface area (Å²) in [5, 5.41) is 9.17. The van der Waals surface area contributed by atoms with Gasteiger partial charge >= 0.3 is 0 Å². The monoisotopic (exact) mass is 700 g/mol. The summed E-state index contributed by atoms with van der Waals surface area (Å²) in [6, 6.07) is 4.56. The van der Waals surface area contributed by atoms with Crippen LogP contribution in [-0.2, 0) is 25.7 Å². The van der Waals surface area contributed by atoms with E-state index in [9.17, 15) is 0 Å². The minimum absolute atomic E-state index is 0.0732. The van der Waals surface area contributed by atoms with E-state index in [1.165, 1.54) is 74.9 Å². The lowest BCUT2D eigenvalue weighted by Gasteiger charge is -2.32. The molecular weight excluding hydrogens is 658 g/mol. The van der Waals surface area contributed by atoms with Gasteiger partial charge < -0.3 is 4.90 Å². The largest absolute Gasteiger partial charge is 0.366 e. The molecule has 2 aromatic heterocycles. The van der Waals surface area contributed by atoms with Crippen LogP contribution in [-0.4, -0.2) is 23.4 Å². The van der Waals surface area contributed by atoms with Crippen LogP contribution in [0.5, 0.6) is 0 Å². The first-order valence-electron chi connectivity index (χ1n) is 14.1. The maximum absolute atomic E-state index is 9.17. The molecule has 0 amide bonds. The predicted molar refractivity (Wildman–Crippen MR) is 182 cm³/mol. The van der Waals surface area contributed by atoms with E-state index in [1.54, 1.807) is 22.7 Å². The van der Waals surface area contributed by atoms with Crippen molar-refractivity contribution in [2.24, 2.45) is 16.2 Å². The predicted octanol–water partition coefficient (Wildman–Crippen LogP) is 10.3. The highest BCUT2D eigenvalue weighted by molar-refractivity contribution is 9.11. The Morgan fingerprint density at radius 2 is 1.50 bits per heavy atom. The lowest BCUT2D eigenvalue weighted by atomic mass is 9.91. The second-order valence-electron chi connectivity index (χ2n) is 10.6. The van der Waals surface area contributed by atoms with Crippen LogP contribution in [0.2, 0.25) is 0 Å². The Morgan fingerprint density at radius 1 is 0.947 bits per heavy atom. The third-order valence-electron chi connectivity index (χ3n) is 7.82. The van der Waals surface area contributed by atoms with E-state index in [4.69, 9.17) is 5.41 Å². The third-order valence-corrected chi connectivity index (χ3v) is 12.1. The molecular formula is C30H44Br2N3S3+. The average Bonchev–Trinajstić information content (AvgIpc) is 3.45. The van der Waals surface area contributed by atoms with Gasteiger partial charge in [0.1, 0.15) is 11.8 Å². The van der Waals surface area contributed by atoms with E-state index in [0.717, 1.165) is 29.0 Å². The highest BCUT2D eigenvalue weighted by atomic mass is 79.9. The zero-order valence-corrected chi connectivity index (χ0v) is 29.3. The number of unbranched alkanes of at least 4 members (excludes halogenated alkanes) is 2. The highest BCUT2D eigenvalue weighted by Crippen LogP contribution is 2.42. The van der Waals surface area contributed by atoms with E-state index in [2.05, 4.69) is 107 Å². The number of allylic oxidation sites excluding steroid dienone is 1. The van der Waals surface area contributed by atoms with Crippen LogP contribution in [0, 0.1) is 17.2 Å². The Labute approximate surface area is 260 Å². The van der Waals surface area contributed by atoms with Crippen LogP contribution in [0.25, 0.3) is 5.57 Å². The topological polar surface area (TPSA) is 39.5 Å². The fraction of sp³-hybridized carbons (Fsp3) is 0.600. The van der Waals surface area contributed by atoms with Crippen LogP contribution in [0.3, 0.4) is 0 Å². The molecule has 1 aliphatic heterocycles. The van der Waals surface area contributed by atoms with Crippen molar-refractivity contribution in [3.05, 3.63) is 46.8 Å². The SMILES string of the molecule is CCCCC(CC)Cc1cc(C2=CN(C)C(c3cc(CC(CC)CCCC)c(Br)s3)C(=N[SH2+])C2=N)sc1Br. The maximum atomic E-state index is 9.17. The Hall–Kier alpha value is -0.410. The molecule has 0 saturated carbocycles. The molecule has 3 unspecified atom stereocenters. The molecule has 0 radical (unpaired) electrons. The molecule has 0 fully saturated rings. The van der Waals surface area contributed by atoms with E-state index < -0.39 is 0 Å². The lowest BCUT2D eigenvalue weighted by Crippen LogP contribution is -2.36. The molecule has 3 atom stereocenters. The maximum Gasteiger partial charge on any atom is 0.144 e. The number of thiophene rings is 2. The zero-order valence-electron chi connectivity index (χ0n) is 23.5. The van der Waals surface area contributed by atoms with Gasteiger partial charge in [-0.25, -0.2) is 0 Å². The number of nitrogens with zero attached hydrogens (tertiary/aromatic N) is 2. The summed E-state index contributed by atoms with van der Waals surface area (Å²) in [4.78, 5) is 4.59. The van der Waals surface area contributed by atoms with Gasteiger partial charge in [0.15, 0.2) is 0 Å². The summed E-state index contributed by atoms with van der Waals surface area (Å²) in [5.41, 5.74) is 4.96. The van der Waals surface area contributed by atoms with Crippen LogP contribution in [0.15, 0.2) is 30.3 Å². The summed E-state index contributed by atoms with van der Waals surface area (Å²) < 4.78 is 6.90. The quantitative estimate of drug-likeness (QED) is 0.196. The van der Waals surface area contributed by atoms with Gasteiger partial charge in [0.05, 0.1) is 26.1 Å². The molecule has 38 heavy (non-hydrogen) atoms. The summed E-state index contributed by atoms with van der Waals surface area (Å²) in [5.74, 6) is 1.42. The van der Waals surface area contributed by atoms with Crippen molar-refractivity contribution in [2.45, 2.75) is 97.9 Å². The minimum atomic E-state index is -0.0732. The van der Waals surface area contributed by atoms with E-state index >= 15 is 0 Å². The van der Waals surface area contributed by atoms with Crippen LogP contribution in [0.1, 0.15) is 106 Å². The fourth-order valence-corrected chi connectivity index (χ4v) is 9.21. The van der Waals surface area contributed by atoms with Gasteiger partial charge in [-0.3, -0.25) is 5.41 Å². The van der Waals surface area contributed by atoms with Crippen LogP contribution < -0.4 is 0 Å². The van der Waals surface area contributed by atoms with Crippen molar-refractivity contribution in [3.63, 3.8) is 0 Å². The van der Waals surface area contributed by atoms with Crippen molar-refractivity contribution in [1.82, 2.24) is 4.90 Å². The summed E-state index contributed by atoms with van der Waals surface area (Å²) >= 11 is 14.7. The number of nitrogens with one attached hydrogen (secondary N) is 1. The molecule has 0 aliphatic carbocycles. The molecule has 3 rings (SSSR count). The number of hydrogen-bond acceptors (Lipinski definition) is 5. The molecule has 3 nitrogen and oxygen atoms in total. The third kappa shape index (κ3) is 7.86. The highest BCUT2D eigenvalue weighted by Gasteiger charge is 2.35. The second-order valence-corrected chi connectivity index (χ2v) is 15.6. The average molecular weight is 703 g/mol. The van der Waals surface area contributed by atoms with E-state index in [1.807, 2.05) is 0 Å². The van der Waals surface area contributed by atoms with Gasteiger partial charge in [0, 0.05) is 28.6 Å². The smallest absolute Gasteiger partial charge is 0.144 e. The normalized spacial score (nSPS) is 18.8. The summed E-state index contributed by atoms with van der Waals surface area (Å²) in [6.07, 6.45) is 14.4. The van der Waals surface area contributed by atoms with Crippen molar-refractivity contribution in [3.8, 4) is 0 Å². The van der Waals surface area contributed by atoms with Crippen molar-refractivity contribution in [1.29, 1.82) is 5.41 Å². The first kappa shape index (κ1) is 32.1. The molecule has 0 bridgehead atoms. The molecule has 2 aromatic rings.